The van der Waals surface area contributed by atoms with Crippen molar-refractivity contribution in [2.24, 2.45) is 0 Å². The predicted molar refractivity (Wildman–Crippen MR) is 142 cm³/mol. The Labute approximate surface area is 221 Å². The molecule has 1 heterocycles. The molecule has 0 bridgehead atoms. The number of hydrogen-bond donors (Lipinski definition) is 3. The second kappa shape index (κ2) is 12.4. The Balaban J connectivity index is 1.55. The van der Waals surface area contributed by atoms with Crippen molar-refractivity contribution in [3.05, 3.63) is 76.5 Å². The minimum atomic E-state index is -2.57. The van der Waals surface area contributed by atoms with Gasteiger partial charge in [0.2, 0.25) is 0 Å². The van der Waals surface area contributed by atoms with Crippen molar-refractivity contribution in [2.75, 3.05) is 6.61 Å². The third kappa shape index (κ3) is 6.57. The molecular weight excluding hydrogens is 490 g/mol. The molecule has 0 radical (unpaired) electrons. The zero-order valence-corrected chi connectivity index (χ0v) is 21.5. The van der Waals surface area contributed by atoms with Gasteiger partial charge in [0.1, 0.15) is 5.75 Å². The number of carbonyl (C=O) groups excluding carboxylic acids is 1. The summed E-state index contributed by atoms with van der Waals surface area (Å²) in [4.78, 5) is 25.7. The van der Waals surface area contributed by atoms with Crippen LogP contribution in [-0.2, 0) is 10.7 Å². The Morgan fingerprint density at radius 1 is 0.946 bits per heavy atom. The highest BCUT2D eigenvalue weighted by molar-refractivity contribution is 7.08. The number of thiophene rings is 1. The van der Waals surface area contributed by atoms with Crippen molar-refractivity contribution < 1.29 is 29.6 Å². The number of carboxylic acid groups (broad SMARTS) is 1. The molecule has 37 heavy (non-hydrogen) atoms. The summed E-state index contributed by atoms with van der Waals surface area (Å²) in [7, 11) is 0. The van der Waals surface area contributed by atoms with Gasteiger partial charge in [0.05, 0.1) is 12.2 Å². The largest absolute Gasteiger partial charge is 0.493 e. The average molecular weight is 524 g/mol. The van der Waals surface area contributed by atoms with Crippen LogP contribution in [0.25, 0.3) is 11.1 Å². The lowest BCUT2D eigenvalue weighted by Crippen LogP contribution is -2.54. The number of unbranched alkanes of at least 4 members (excludes halogenated alkanes) is 2. The minimum absolute atomic E-state index is 0.107. The number of para-hydroxylation sites is 1. The van der Waals surface area contributed by atoms with Crippen LogP contribution < -0.4 is 4.74 Å². The van der Waals surface area contributed by atoms with Crippen molar-refractivity contribution in [2.45, 2.75) is 63.3 Å². The smallest absolute Gasteiger partial charge is 0.303 e. The summed E-state index contributed by atoms with van der Waals surface area (Å²) in [6, 6.07) is 15.5. The monoisotopic (exact) mass is 523 g/mol. The predicted octanol–water partition coefficient (Wildman–Crippen LogP) is 5.62. The van der Waals surface area contributed by atoms with E-state index in [9.17, 15) is 19.8 Å². The summed E-state index contributed by atoms with van der Waals surface area (Å²) in [5.41, 5.74) is 2.56. The topological polar surface area (TPSA) is 107 Å². The van der Waals surface area contributed by atoms with Gasteiger partial charge in [-0.3, -0.25) is 14.5 Å². The van der Waals surface area contributed by atoms with Gasteiger partial charge in [0.25, 0.3) is 11.8 Å². The van der Waals surface area contributed by atoms with Gasteiger partial charge >= 0.3 is 5.97 Å². The van der Waals surface area contributed by atoms with Crippen LogP contribution in [-0.4, -0.2) is 44.7 Å². The summed E-state index contributed by atoms with van der Waals surface area (Å²) in [6.45, 7) is 0.300. The molecule has 1 amide bonds. The molecule has 0 unspecified atom stereocenters. The first-order valence-electron chi connectivity index (χ1n) is 12.7. The summed E-state index contributed by atoms with van der Waals surface area (Å²) in [5.74, 6) is -3.56. The number of aliphatic carboxylic acids is 1. The quantitative estimate of drug-likeness (QED) is 0.210. The van der Waals surface area contributed by atoms with Gasteiger partial charge in [-0.2, -0.15) is 11.3 Å². The van der Waals surface area contributed by atoms with Gasteiger partial charge in [-0.1, -0.05) is 37.1 Å². The SMILES string of the molecule is O=C(O)CCCCCOc1ccccc1C(O)(O)N(C(=O)c1ccc(-c2ccsc2)cc1)C1CCCC1. The lowest BCUT2D eigenvalue weighted by molar-refractivity contribution is -0.266. The molecule has 1 aromatic heterocycles. The van der Waals surface area contributed by atoms with Gasteiger partial charge in [-0.15, -0.1) is 0 Å². The van der Waals surface area contributed by atoms with E-state index >= 15 is 0 Å². The molecule has 1 aliphatic rings. The average Bonchev–Trinajstić information content (AvgIpc) is 3.61. The first-order valence-corrected chi connectivity index (χ1v) is 13.7. The normalized spacial score (nSPS) is 14.0. The van der Waals surface area contributed by atoms with E-state index in [1.807, 2.05) is 29.0 Å². The number of aliphatic hydroxyl groups is 2. The van der Waals surface area contributed by atoms with Crippen LogP contribution in [0.2, 0.25) is 0 Å². The first-order chi connectivity index (χ1) is 17.9. The van der Waals surface area contributed by atoms with E-state index in [0.717, 1.165) is 24.0 Å². The fourth-order valence-electron chi connectivity index (χ4n) is 4.83. The van der Waals surface area contributed by atoms with Crippen LogP contribution in [0.5, 0.6) is 5.75 Å². The number of carboxylic acids is 1. The van der Waals surface area contributed by atoms with E-state index in [4.69, 9.17) is 9.84 Å². The standard InChI is InChI=1S/C29H33NO6S/c31-27(32)12-2-1-7-18-36-26-11-6-5-10-25(26)29(34,35)30(24-8-3-4-9-24)28(33)22-15-13-21(14-16-22)23-17-19-37-20-23/h5-6,10-11,13-17,19-20,24,34-35H,1-4,7-9,12,18H2,(H,31,32). The van der Waals surface area contributed by atoms with Crippen LogP contribution in [0, 0.1) is 0 Å². The summed E-state index contributed by atoms with van der Waals surface area (Å²) in [5, 5.41) is 35.9. The fraction of sp³-hybridized carbons (Fsp3) is 0.379. The number of carbonyl (C=O) groups is 2. The maximum atomic E-state index is 13.8. The number of ether oxygens (including phenoxy) is 1. The molecule has 1 saturated carbocycles. The minimum Gasteiger partial charge on any atom is -0.493 e. The van der Waals surface area contributed by atoms with Crippen LogP contribution in [0.3, 0.4) is 0 Å². The van der Waals surface area contributed by atoms with Gasteiger partial charge in [0, 0.05) is 18.0 Å². The highest BCUT2D eigenvalue weighted by Gasteiger charge is 2.45. The molecule has 8 heteroatoms. The fourth-order valence-corrected chi connectivity index (χ4v) is 5.50. The number of hydrogen-bond acceptors (Lipinski definition) is 6. The second-order valence-electron chi connectivity index (χ2n) is 9.39. The summed E-state index contributed by atoms with van der Waals surface area (Å²) < 4.78 is 5.88. The van der Waals surface area contributed by atoms with E-state index in [1.54, 1.807) is 47.7 Å². The maximum absolute atomic E-state index is 13.8. The van der Waals surface area contributed by atoms with E-state index < -0.39 is 17.8 Å². The number of nitrogens with zero attached hydrogens (tertiary/aromatic N) is 1. The van der Waals surface area contributed by atoms with Crippen LogP contribution in [0.1, 0.15) is 67.3 Å². The van der Waals surface area contributed by atoms with Gasteiger partial charge in [-0.05, 0) is 84.3 Å². The third-order valence-corrected chi connectivity index (χ3v) is 7.46. The zero-order chi connectivity index (χ0) is 26.3. The highest BCUT2D eigenvalue weighted by Crippen LogP contribution is 2.38. The molecular formula is C29H33NO6S. The molecule has 0 aliphatic heterocycles. The van der Waals surface area contributed by atoms with E-state index in [-0.39, 0.29) is 23.8 Å². The lowest BCUT2D eigenvalue weighted by atomic mass is 10.0. The van der Waals surface area contributed by atoms with Gasteiger partial charge in [0.15, 0.2) is 0 Å². The highest BCUT2D eigenvalue weighted by atomic mass is 32.1. The summed E-state index contributed by atoms with van der Waals surface area (Å²) in [6.07, 6.45) is 5.19. The Morgan fingerprint density at radius 3 is 2.35 bits per heavy atom. The zero-order valence-electron chi connectivity index (χ0n) is 20.7. The van der Waals surface area contributed by atoms with Crippen molar-refractivity contribution in [1.29, 1.82) is 0 Å². The molecule has 196 valence electrons. The molecule has 3 aromatic rings. The van der Waals surface area contributed by atoms with E-state index in [2.05, 4.69) is 0 Å². The van der Waals surface area contributed by atoms with Gasteiger partial charge in [-0.25, -0.2) is 0 Å². The number of rotatable bonds is 12. The Kier molecular flexibility index (Phi) is 8.97. The summed E-state index contributed by atoms with van der Waals surface area (Å²) >= 11 is 1.60. The Bertz CT molecular complexity index is 1170. The van der Waals surface area contributed by atoms with Crippen molar-refractivity contribution in [3.8, 4) is 16.9 Å². The van der Waals surface area contributed by atoms with E-state index in [0.29, 0.717) is 44.3 Å². The molecule has 2 aromatic carbocycles. The van der Waals surface area contributed by atoms with Gasteiger partial charge < -0.3 is 20.1 Å². The van der Waals surface area contributed by atoms with Crippen molar-refractivity contribution in [1.82, 2.24) is 4.90 Å². The Morgan fingerprint density at radius 2 is 1.68 bits per heavy atom. The van der Waals surface area contributed by atoms with Crippen molar-refractivity contribution in [3.63, 3.8) is 0 Å². The molecule has 3 N–H and O–H groups in total. The molecule has 4 rings (SSSR count). The Hall–Kier alpha value is -3.20. The maximum Gasteiger partial charge on any atom is 0.303 e. The van der Waals surface area contributed by atoms with Crippen LogP contribution in [0.4, 0.5) is 0 Å². The molecule has 1 aliphatic carbocycles. The molecule has 0 spiro atoms. The van der Waals surface area contributed by atoms with Crippen molar-refractivity contribution >= 4 is 23.2 Å². The first kappa shape index (κ1) is 26.9. The molecule has 1 fully saturated rings. The molecule has 7 nitrogen and oxygen atoms in total. The van der Waals surface area contributed by atoms with Crippen LogP contribution in [0.15, 0.2) is 65.4 Å². The third-order valence-electron chi connectivity index (χ3n) is 6.77. The lowest BCUT2D eigenvalue weighted by Gasteiger charge is -2.40. The molecule has 0 saturated heterocycles. The van der Waals surface area contributed by atoms with Crippen LogP contribution >= 0.6 is 11.3 Å². The van der Waals surface area contributed by atoms with E-state index in [1.165, 1.54) is 4.90 Å². The second-order valence-corrected chi connectivity index (χ2v) is 10.2. The molecule has 0 atom stereocenters. The number of benzene rings is 2. The number of amides is 1.